The molecule has 0 bridgehead atoms. The number of methoxy groups -OCH3 is 1. The van der Waals surface area contributed by atoms with Crippen LogP contribution in [0.15, 0.2) is 24.3 Å². The molecule has 1 aromatic carbocycles. The molecule has 8 nitrogen and oxygen atoms in total. The molecule has 202 valence electrons. The van der Waals surface area contributed by atoms with Crippen molar-refractivity contribution in [2.45, 2.75) is 63.0 Å². The fraction of sp³-hybridized carbons (Fsp3) is 0.704. The normalized spacial score (nSPS) is 21.4. The third-order valence-corrected chi connectivity index (χ3v) is 7.89. The van der Waals surface area contributed by atoms with Crippen molar-refractivity contribution in [3.8, 4) is 0 Å². The number of likely N-dealkylation sites (tertiary alicyclic amines) is 1. The number of ether oxygens (including phenoxy) is 1. The molecule has 1 saturated carbocycles. The number of urea groups is 1. The first kappa shape index (κ1) is 28.7. The van der Waals surface area contributed by atoms with Gasteiger partial charge in [-0.2, -0.15) is 0 Å². The quantitative estimate of drug-likeness (QED) is 0.357. The zero-order chi connectivity index (χ0) is 26.0. The van der Waals surface area contributed by atoms with Crippen molar-refractivity contribution in [3.05, 3.63) is 34.9 Å². The number of amides is 3. The van der Waals surface area contributed by atoms with Gasteiger partial charge < -0.3 is 30.7 Å². The second-order valence-electron chi connectivity index (χ2n) is 10.4. The van der Waals surface area contributed by atoms with E-state index in [0.29, 0.717) is 29.6 Å². The van der Waals surface area contributed by atoms with E-state index < -0.39 is 5.60 Å². The van der Waals surface area contributed by atoms with E-state index >= 15 is 0 Å². The summed E-state index contributed by atoms with van der Waals surface area (Å²) in [6.45, 7) is 1.69. The smallest absolute Gasteiger partial charge is 0.317 e. The lowest BCUT2D eigenvalue weighted by Crippen LogP contribution is -2.56. The van der Waals surface area contributed by atoms with Gasteiger partial charge in [-0.1, -0.05) is 55.8 Å². The number of halogens is 1. The van der Waals surface area contributed by atoms with Crippen LogP contribution in [0, 0.1) is 11.8 Å². The Morgan fingerprint density at radius 3 is 2.69 bits per heavy atom. The maximum Gasteiger partial charge on any atom is 0.317 e. The number of carbonyl (C=O) groups is 2. The molecule has 3 rings (SSSR count). The molecule has 2 fully saturated rings. The van der Waals surface area contributed by atoms with Gasteiger partial charge in [-0.3, -0.25) is 4.79 Å². The van der Waals surface area contributed by atoms with Gasteiger partial charge in [0.1, 0.15) is 12.2 Å². The van der Waals surface area contributed by atoms with Crippen molar-refractivity contribution < 1.29 is 19.4 Å². The van der Waals surface area contributed by atoms with Crippen molar-refractivity contribution >= 4 is 23.5 Å². The summed E-state index contributed by atoms with van der Waals surface area (Å²) in [7, 11) is 3.37. The number of hydrogen-bond donors (Lipinski definition) is 4. The average Bonchev–Trinajstić information content (AvgIpc) is 2.88. The van der Waals surface area contributed by atoms with Crippen LogP contribution in [0.1, 0.15) is 56.9 Å². The molecule has 1 saturated heterocycles. The molecule has 0 spiro atoms. The number of benzene rings is 1. The van der Waals surface area contributed by atoms with Gasteiger partial charge in [0.15, 0.2) is 0 Å². The Hall–Kier alpha value is -1.87. The van der Waals surface area contributed by atoms with Crippen LogP contribution in [0.25, 0.3) is 0 Å². The van der Waals surface area contributed by atoms with Gasteiger partial charge in [0.2, 0.25) is 5.91 Å². The number of hydrogen-bond acceptors (Lipinski definition) is 5. The van der Waals surface area contributed by atoms with E-state index in [1.165, 1.54) is 39.2 Å². The number of aliphatic hydroxyl groups is 1. The zero-order valence-corrected chi connectivity index (χ0v) is 22.5. The lowest BCUT2D eigenvalue weighted by molar-refractivity contribution is -0.127. The molecule has 1 aliphatic carbocycles. The third kappa shape index (κ3) is 8.07. The lowest BCUT2D eigenvalue weighted by Gasteiger charge is -2.43. The molecule has 9 heteroatoms. The largest absolute Gasteiger partial charge is 0.383 e. The number of nitrogens with zero attached hydrogens (tertiary/aromatic N) is 1. The molecule has 2 aliphatic rings. The Bertz CT molecular complexity index is 851. The lowest BCUT2D eigenvalue weighted by atomic mass is 9.76. The number of nitrogens with one attached hydrogen (secondary N) is 3. The van der Waals surface area contributed by atoms with Crippen molar-refractivity contribution in [2.24, 2.45) is 11.8 Å². The van der Waals surface area contributed by atoms with Crippen molar-refractivity contribution in [1.82, 2.24) is 20.9 Å². The van der Waals surface area contributed by atoms with Crippen LogP contribution in [-0.4, -0.2) is 74.9 Å². The SMILES string of the molecule is CNCC(CC1CCCCC1)NC(=O)N1CCCC(C(O)(CNC(=O)COC)c2cccc(Cl)c2)C1. The van der Waals surface area contributed by atoms with Crippen molar-refractivity contribution in [2.75, 3.05) is 46.9 Å². The maximum atomic E-state index is 13.3. The minimum atomic E-state index is -1.38. The highest BCUT2D eigenvalue weighted by Gasteiger charge is 2.42. The minimum Gasteiger partial charge on any atom is -0.383 e. The highest BCUT2D eigenvalue weighted by Crippen LogP contribution is 2.36. The maximum absolute atomic E-state index is 13.3. The Kier molecular flexibility index (Phi) is 11.3. The van der Waals surface area contributed by atoms with Crippen molar-refractivity contribution in [1.29, 1.82) is 0 Å². The Labute approximate surface area is 220 Å². The predicted molar refractivity (Wildman–Crippen MR) is 142 cm³/mol. The molecular formula is C27H43ClN4O4. The third-order valence-electron chi connectivity index (χ3n) is 7.66. The van der Waals surface area contributed by atoms with Crippen LogP contribution in [-0.2, 0) is 15.1 Å². The molecule has 0 radical (unpaired) electrons. The zero-order valence-electron chi connectivity index (χ0n) is 21.7. The summed E-state index contributed by atoms with van der Waals surface area (Å²) in [4.78, 5) is 27.3. The summed E-state index contributed by atoms with van der Waals surface area (Å²) < 4.78 is 4.92. The van der Waals surface area contributed by atoms with E-state index in [-0.39, 0.29) is 37.0 Å². The standard InChI is InChI=1S/C27H43ClN4O4/c1-29-16-24(14-20-8-4-3-5-9-20)31-26(34)32-13-7-11-22(17-32)27(35,19-30-25(33)18-36-2)21-10-6-12-23(28)15-21/h6,10,12,15,20,22,24,29,35H,3-5,7-9,11,13-14,16-19H2,1-2H3,(H,30,33)(H,31,34). The number of carbonyl (C=O) groups excluding carboxylic acids is 2. The van der Waals surface area contributed by atoms with Crippen LogP contribution in [0.4, 0.5) is 4.79 Å². The fourth-order valence-corrected chi connectivity index (χ4v) is 5.93. The van der Waals surface area contributed by atoms with E-state index in [1.807, 2.05) is 18.0 Å². The van der Waals surface area contributed by atoms with Gasteiger partial charge in [-0.25, -0.2) is 4.79 Å². The topological polar surface area (TPSA) is 103 Å². The fourth-order valence-electron chi connectivity index (χ4n) is 5.74. The van der Waals surface area contributed by atoms with Gasteiger partial charge >= 0.3 is 6.03 Å². The molecule has 4 N–H and O–H groups in total. The number of rotatable bonds is 11. The van der Waals surface area contributed by atoms with Crippen LogP contribution < -0.4 is 16.0 Å². The van der Waals surface area contributed by atoms with Gasteiger partial charge in [0, 0.05) is 43.7 Å². The number of likely N-dealkylation sites (N-methyl/N-ethyl adjacent to an activating group) is 1. The molecule has 3 unspecified atom stereocenters. The highest BCUT2D eigenvalue weighted by molar-refractivity contribution is 6.30. The monoisotopic (exact) mass is 522 g/mol. The molecule has 1 aliphatic heterocycles. The summed E-state index contributed by atoms with van der Waals surface area (Å²) in [5, 5.41) is 21.7. The van der Waals surface area contributed by atoms with Crippen LogP contribution in [0.3, 0.4) is 0 Å². The molecule has 1 aromatic rings. The summed E-state index contributed by atoms with van der Waals surface area (Å²) in [6.07, 6.45) is 8.84. The molecular weight excluding hydrogens is 480 g/mol. The first-order valence-electron chi connectivity index (χ1n) is 13.3. The molecule has 3 amide bonds. The summed E-state index contributed by atoms with van der Waals surface area (Å²) >= 11 is 6.25. The first-order valence-corrected chi connectivity index (χ1v) is 13.7. The van der Waals surface area contributed by atoms with E-state index in [9.17, 15) is 14.7 Å². The Morgan fingerprint density at radius 2 is 2.00 bits per heavy atom. The van der Waals surface area contributed by atoms with Gasteiger partial charge in [0.05, 0.1) is 6.54 Å². The van der Waals surface area contributed by atoms with Gasteiger partial charge in [-0.15, -0.1) is 0 Å². The first-order chi connectivity index (χ1) is 17.4. The van der Waals surface area contributed by atoms with E-state index in [4.69, 9.17) is 16.3 Å². The highest BCUT2D eigenvalue weighted by atomic mass is 35.5. The molecule has 1 heterocycles. The van der Waals surface area contributed by atoms with E-state index in [0.717, 1.165) is 25.8 Å². The van der Waals surface area contributed by atoms with Crippen molar-refractivity contribution in [3.63, 3.8) is 0 Å². The predicted octanol–water partition coefficient (Wildman–Crippen LogP) is 3.27. The average molecular weight is 523 g/mol. The summed E-state index contributed by atoms with van der Waals surface area (Å²) in [6, 6.07) is 7.08. The Balaban J connectivity index is 1.70. The molecule has 36 heavy (non-hydrogen) atoms. The van der Waals surface area contributed by atoms with E-state index in [2.05, 4.69) is 16.0 Å². The second-order valence-corrected chi connectivity index (χ2v) is 10.8. The van der Waals surface area contributed by atoms with Gasteiger partial charge in [-0.05, 0) is 49.9 Å². The summed E-state index contributed by atoms with van der Waals surface area (Å²) in [5.41, 5.74) is -0.745. The second kappa shape index (κ2) is 14.2. The number of piperidine rings is 1. The van der Waals surface area contributed by atoms with Crippen LogP contribution in [0.5, 0.6) is 0 Å². The molecule has 3 atom stereocenters. The minimum absolute atomic E-state index is 0.0136. The van der Waals surface area contributed by atoms with E-state index in [1.54, 1.807) is 18.2 Å². The van der Waals surface area contributed by atoms with Crippen LogP contribution in [0.2, 0.25) is 5.02 Å². The van der Waals surface area contributed by atoms with Gasteiger partial charge in [0.25, 0.3) is 0 Å². The molecule has 0 aromatic heterocycles. The summed E-state index contributed by atoms with van der Waals surface area (Å²) in [5.74, 6) is 0.0931. The Morgan fingerprint density at radius 1 is 1.22 bits per heavy atom. The van der Waals surface area contributed by atoms with Crippen LogP contribution >= 0.6 is 11.6 Å².